The summed E-state index contributed by atoms with van der Waals surface area (Å²) < 4.78 is 4.02. The molecule has 1 N–H and O–H groups in total. The van der Waals surface area contributed by atoms with Crippen molar-refractivity contribution < 1.29 is 0 Å². The number of hydrogen-bond donors (Lipinski definition) is 1. The molecule has 60 valence electrons. The average Bonchev–Trinajstić information content (AvgIpc) is 2.74. The molecule has 0 aliphatic rings. The Morgan fingerprint density at radius 2 is 2.33 bits per heavy atom. The summed E-state index contributed by atoms with van der Waals surface area (Å²) in [4.78, 5) is 11.0. The number of hydrogen-bond acceptors (Lipinski definition) is 4. The molecule has 4 nitrogen and oxygen atoms in total. The summed E-state index contributed by atoms with van der Waals surface area (Å²) in [5.41, 5.74) is 1.70. The Morgan fingerprint density at radius 3 is 3.00 bits per heavy atom. The molecular formula is C7H6N4S. The van der Waals surface area contributed by atoms with Gasteiger partial charge in [0.15, 0.2) is 5.82 Å². The zero-order valence-electron chi connectivity index (χ0n) is 6.14. The second-order valence-corrected chi connectivity index (χ2v) is 2.70. The fourth-order valence-electron chi connectivity index (χ4n) is 0.774. The third-order valence-electron chi connectivity index (χ3n) is 1.29. The van der Waals surface area contributed by atoms with Crippen LogP contribution in [0.5, 0.6) is 0 Å². The number of aromatic nitrogens is 4. The number of nitrogens with zero attached hydrogens (tertiary/aromatic N) is 3. The van der Waals surface area contributed by atoms with Crippen LogP contribution in [0.3, 0.4) is 0 Å². The van der Waals surface area contributed by atoms with Crippen molar-refractivity contribution in [2.75, 3.05) is 0 Å². The summed E-state index contributed by atoms with van der Waals surface area (Å²) in [6.45, 7) is 0. The third kappa shape index (κ3) is 1.57. The number of rotatable bonds is 2. The minimum Gasteiger partial charge on any atom is -0.345 e. The fourth-order valence-corrected chi connectivity index (χ4v) is 1.19. The van der Waals surface area contributed by atoms with Crippen LogP contribution in [0.1, 0.15) is 11.6 Å². The molecule has 5 heteroatoms. The van der Waals surface area contributed by atoms with Gasteiger partial charge in [-0.05, 0) is 23.7 Å². The van der Waals surface area contributed by atoms with E-state index >= 15 is 0 Å². The lowest BCUT2D eigenvalue weighted by Gasteiger charge is -1.80. The van der Waals surface area contributed by atoms with E-state index in [1.54, 1.807) is 17.9 Å². The minimum atomic E-state index is 0.719. The molecule has 0 aromatic carbocycles. The molecule has 0 saturated carbocycles. The van der Waals surface area contributed by atoms with Gasteiger partial charge in [0, 0.05) is 12.4 Å². The Hall–Kier alpha value is -1.49. The summed E-state index contributed by atoms with van der Waals surface area (Å²) in [6.07, 6.45) is 7.12. The molecule has 0 atom stereocenters. The first kappa shape index (κ1) is 7.17. The zero-order chi connectivity index (χ0) is 8.23. The normalized spacial score (nSPS) is 11.0. The highest BCUT2D eigenvalue weighted by Gasteiger charge is 1.89. The van der Waals surface area contributed by atoms with Crippen molar-refractivity contribution in [3.05, 3.63) is 29.6 Å². The maximum absolute atomic E-state index is 4.02. The number of aromatic amines is 1. The van der Waals surface area contributed by atoms with Crippen molar-refractivity contribution in [1.82, 2.24) is 19.3 Å². The Kier molecular flexibility index (Phi) is 1.96. The Bertz CT molecular complexity index is 312. The van der Waals surface area contributed by atoms with E-state index in [9.17, 15) is 0 Å². The monoisotopic (exact) mass is 178 g/mol. The average molecular weight is 178 g/mol. The largest absolute Gasteiger partial charge is 0.345 e. The molecular weight excluding hydrogens is 172 g/mol. The quantitative estimate of drug-likeness (QED) is 0.756. The number of nitrogens with one attached hydrogen (secondary N) is 1. The highest BCUT2D eigenvalue weighted by Crippen LogP contribution is 2.00. The second-order valence-electron chi connectivity index (χ2n) is 2.10. The van der Waals surface area contributed by atoms with E-state index in [1.165, 1.54) is 11.5 Å². The molecule has 0 radical (unpaired) electrons. The van der Waals surface area contributed by atoms with Crippen LogP contribution in [-0.2, 0) is 0 Å². The van der Waals surface area contributed by atoms with E-state index in [2.05, 4.69) is 19.3 Å². The van der Waals surface area contributed by atoms with E-state index in [0.29, 0.717) is 0 Å². The maximum atomic E-state index is 4.02. The highest BCUT2D eigenvalue weighted by atomic mass is 32.1. The molecule has 0 aliphatic carbocycles. The molecule has 12 heavy (non-hydrogen) atoms. The Morgan fingerprint density at radius 1 is 1.33 bits per heavy atom. The van der Waals surface area contributed by atoms with Crippen LogP contribution in [0, 0.1) is 0 Å². The fraction of sp³-hybridized carbons (Fsp3) is 0. The predicted molar refractivity (Wildman–Crippen MR) is 47.4 cm³/mol. The molecule has 0 aliphatic heterocycles. The van der Waals surface area contributed by atoms with Crippen LogP contribution in [0.2, 0.25) is 0 Å². The summed E-state index contributed by atoms with van der Waals surface area (Å²) in [6, 6.07) is 0. The SMILES string of the molecule is C(=C\c1ncc[nH]1)/c1ncsn1. The Balaban J connectivity index is 2.14. The first-order chi connectivity index (χ1) is 5.95. The molecule has 2 rings (SSSR count). The van der Waals surface area contributed by atoms with Gasteiger partial charge in [-0.1, -0.05) is 0 Å². The Labute approximate surface area is 73.2 Å². The van der Waals surface area contributed by atoms with Crippen molar-refractivity contribution in [2.24, 2.45) is 0 Å². The lowest BCUT2D eigenvalue weighted by molar-refractivity contribution is 1.26. The van der Waals surface area contributed by atoms with Gasteiger partial charge >= 0.3 is 0 Å². The zero-order valence-corrected chi connectivity index (χ0v) is 6.95. The number of H-pyrrole nitrogens is 1. The standard InChI is InChI=1S/C7H6N4S/c1(6-8-3-4-9-6)2-7-10-5-12-11-7/h1-5H,(H,8,9)/b2-1+. The van der Waals surface area contributed by atoms with Gasteiger partial charge in [-0.2, -0.15) is 4.37 Å². The summed E-state index contributed by atoms with van der Waals surface area (Å²) >= 11 is 1.33. The van der Waals surface area contributed by atoms with Gasteiger partial charge in [0.2, 0.25) is 0 Å². The summed E-state index contributed by atoms with van der Waals surface area (Å²) in [7, 11) is 0. The predicted octanol–water partition coefficient (Wildman–Crippen LogP) is 1.43. The molecule has 0 saturated heterocycles. The lowest BCUT2D eigenvalue weighted by atomic mass is 10.4. The summed E-state index contributed by atoms with van der Waals surface area (Å²) in [5.74, 6) is 1.53. The minimum absolute atomic E-state index is 0.719. The molecule has 2 aromatic heterocycles. The molecule has 0 spiro atoms. The van der Waals surface area contributed by atoms with Gasteiger partial charge < -0.3 is 4.98 Å². The van der Waals surface area contributed by atoms with Crippen molar-refractivity contribution in [3.63, 3.8) is 0 Å². The van der Waals surface area contributed by atoms with Gasteiger partial charge in [-0.15, -0.1) is 0 Å². The van der Waals surface area contributed by atoms with Crippen molar-refractivity contribution >= 4 is 23.7 Å². The lowest BCUT2D eigenvalue weighted by Crippen LogP contribution is -1.75. The topological polar surface area (TPSA) is 54.5 Å². The van der Waals surface area contributed by atoms with Crippen LogP contribution in [-0.4, -0.2) is 19.3 Å². The van der Waals surface area contributed by atoms with Gasteiger partial charge in [0.05, 0.1) is 0 Å². The molecule has 0 unspecified atom stereocenters. The first-order valence-corrected chi connectivity index (χ1v) is 4.22. The molecule has 0 amide bonds. The smallest absolute Gasteiger partial charge is 0.165 e. The van der Waals surface area contributed by atoms with Gasteiger partial charge in [-0.3, -0.25) is 0 Å². The molecule has 2 aromatic rings. The third-order valence-corrected chi connectivity index (χ3v) is 1.78. The van der Waals surface area contributed by atoms with Crippen LogP contribution in [0.25, 0.3) is 12.2 Å². The van der Waals surface area contributed by atoms with E-state index < -0.39 is 0 Å². The van der Waals surface area contributed by atoms with Crippen molar-refractivity contribution in [3.8, 4) is 0 Å². The summed E-state index contributed by atoms with van der Waals surface area (Å²) in [5, 5.41) is 0. The second kappa shape index (κ2) is 3.27. The van der Waals surface area contributed by atoms with Crippen LogP contribution in [0.15, 0.2) is 17.9 Å². The van der Waals surface area contributed by atoms with Crippen LogP contribution in [0.4, 0.5) is 0 Å². The molecule has 2 heterocycles. The van der Waals surface area contributed by atoms with E-state index in [1.807, 2.05) is 12.2 Å². The van der Waals surface area contributed by atoms with E-state index in [4.69, 9.17) is 0 Å². The maximum Gasteiger partial charge on any atom is 0.165 e. The van der Waals surface area contributed by atoms with Gasteiger partial charge in [-0.25, -0.2) is 9.97 Å². The van der Waals surface area contributed by atoms with E-state index in [-0.39, 0.29) is 0 Å². The number of imidazole rings is 1. The van der Waals surface area contributed by atoms with Crippen molar-refractivity contribution in [1.29, 1.82) is 0 Å². The molecule has 0 bridgehead atoms. The first-order valence-electron chi connectivity index (χ1n) is 3.39. The van der Waals surface area contributed by atoms with Crippen molar-refractivity contribution in [2.45, 2.75) is 0 Å². The van der Waals surface area contributed by atoms with Crippen LogP contribution >= 0.6 is 11.5 Å². The van der Waals surface area contributed by atoms with E-state index in [0.717, 1.165) is 11.6 Å². The van der Waals surface area contributed by atoms with Gasteiger partial charge in [0.25, 0.3) is 0 Å². The van der Waals surface area contributed by atoms with Crippen LogP contribution < -0.4 is 0 Å². The highest BCUT2D eigenvalue weighted by molar-refractivity contribution is 7.03. The van der Waals surface area contributed by atoms with Gasteiger partial charge in [0.1, 0.15) is 11.3 Å². The molecule has 0 fully saturated rings.